The minimum atomic E-state index is -4.42. The summed E-state index contributed by atoms with van der Waals surface area (Å²) in [6.45, 7) is 0.679. The summed E-state index contributed by atoms with van der Waals surface area (Å²) in [5.41, 5.74) is -2.66. The Morgan fingerprint density at radius 3 is 2.43 bits per heavy atom. The molecule has 148 valence electrons. The number of hydrogen-bond donors (Lipinski definition) is 1. The van der Waals surface area contributed by atoms with Crippen LogP contribution in [-0.4, -0.2) is 23.5 Å². The van der Waals surface area contributed by atoms with Crippen molar-refractivity contribution in [1.29, 1.82) is 0 Å². The van der Waals surface area contributed by atoms with Crippen LogP contribution in [-0.2, 0) is 23.1 Å². The first-order chi connectivity index (χ1) is 13.2. The van der Waals surface area contributed by atoms with Crippen molar-refractivity contribution in [3.8, 4) is 0 Å². The lowest BCUT2D eigenvalue weighted by molar-refractivity contribution is -0.0328. The molecule has 2 aromatic carbocycles. The van der Waals surface area contributed by atoms with Gasteiger partial charge in [-0.3, -0.25) is 0 Å². The Balaban J connectivity index is 1.65. The fraction of sp³-hybridized carbons (Fsp3) is 0.167. The van der Waals surface area contributed by atoms with Crippen LogP contribution >= 0.6 is 11.8 Å². The van der Waals surface area contributed by atoms with E-state index in [9.17, 15) is 21.6 Å². The van der Waals surface area contributed by atoms with E-state index in [2.05, 4.69) is 9.71 Å². The van der Waals surface area contributed by atoms with Gasteiger partial charge in [0.1, 0.15) is 0 Å². The molecule has 5 nitrogen and oxygen atoms in total. The summed E-state index contributed by atoms with van der Waals surface area (Å²) in [5, 5.41) is 0. The summed E-state index contributed by atoms with van der Waals surface area (Å²) in [6, 6.07) is 12.0. The average molecular weight is 427 g/mol. The Labute approximate surface area is 164 Å². The van der Waals surface area contributed by atoms with E-state index in [0.29, 0.717) is 6.54 Å². The topological polar surface area (TPSA) is 64.0 Å². The first kappa shape index (κ1) is 20.4. The highest BCUT2D eigenvalue weighted by Crippen LogP contribution is 2.36. The lowest BCUT2D eigenvalue weighted by Crippen LogP contribution is -2.23. The minimum absolute atomic E-state index is 0.0686. The zero-order chi connectivity index (χ0) is 20.2. The lowest BCUT2D eigenvalue weighted by Gasteiger charge is -2.10. The van der Waals surface area contributed by atoms with Gasteiger partial charge in [-0.15, -0.1) is 0 Å². The number of hydrogen-bond acceptors (Lipinski definition) is 4. The molecule has 28 heavy (non-hydrogen) atoms. The van der Waals surface area contributed by atoms with Crippen molar-refractivity contribution in [2.24, 2.45) is 0 Å². The third-order valence-corrected chi connectivity index (χ3v) is 5.91. The highest BCUT2D eigenvalue weighted by molar-refractivity contribution is 8.00. The van der Waals surface area contributed by atoms with Crippen LogP contribution in [0.3, 0.4) is 0 Å². The molecule has 0 aliphatic rings. The quantitative estimate of drug-likeness (QED) is 0.579. The molecule has 0 aliphatic heterocycles. The van der Waals surface area contributed by atoms with E-state index < -0.39 is 15.5 Å². The molecule has 0 amide bonds. The molecule has 0 spiro atoms. The van der Waals surface area contributed by atoms with Gasteiger partial charge in [-0.05, 0) is 47.2 Å². The van der Waals surface area contributed by atoms with Crippen molar-refractivity contribution >= 4 is 21.8 Å². The molecule has 1 aromatic heterocycles. The second-order valence-electron chi connectivity index (χ2n) is 5.90. The average Bonchev–Trinajstić information content (AvgIpc) is 3.12. The van der Waals surface area contributed by atoms with Crippen molar-refractivity contribution in [2.75, 3.05) is 0 Å². The predicted molar refractivity (Wildman–Crippen MR) is 100 cm³/mol. The Bertz CT molecular complexity index is 1020. The molecule has 0 saturated carbocycles. The number of rotatable bonds is 7. The monoisotopic (exact) mass is 427 g/mol. The number of nitrogens with zero attached hydrogens (tertiary/aromatic N) is 2. The van der Waals surface area contributed by atoms with Gasteiger partial charge in [0.2, 0.25) is 10.0 Å². The molecule has 3 rings (SSSR count). The molecule has 0 fully saturated rings. The SMILES string of the molecule is O=S(=O)(NCc1cccc(Cn2ccnc2)c1)c1ccc(SC(F)(F)F)cc1. The number of imidazole rings is 1. The first-order valence-corrected chi connectivity index (χ1v) is 10.4. The van der Waals surface area contributed by atoms with E-state index in [4.69, 9.17) is 0 Å². The van der Waals surface area contributed by atoms with Crippen molar-refractivity contribution in [3.05, 3.63) is 78.4 Å². The van der Waals surface area contributed by atoms with Gasteiger partial charge in [-0.2, -0.15) is 13.2 Å². The van der Waals surface area contributed by atoms with Crippen molar-refractivity contribution in [2.45, 2.75) is 28.4 Å². The summed E-state index contributed by atoms with van der Waals surface area (Å²) in [4.78, 5) is 3.82. The van der Waals surface area contributed by atoms with Crippen LogP contribution in [0.2, 0.25) is 0 Å². The Hall–Kier alpha value is -2.30. The molecule has 0 unspecified atom stereocenters. The first-order valence-electron chi connectivity index (χ1n) is 8.10. The van der Waals surface area contributed by atoms with Crippen molar-refractivity contribution in [3.63, 3.8) is 0 Å². The highest BCUT2D eigenvalue weighted by Gasteiger charge is 2.29. The van der Waals surface area contributed by atoms with E-state index in [1.807, 2.05) is 29.0 Å². The molecule has 3 aromatic rings. The number of thioether (sulfide) groups is 1. The number of alkyl halides is 3. The van der Waals surface area contributed by atoms with Gasteiger partial charge in [0.05, 0.1) is 11.2 Å². The zero-order valence-electron chi connectivity index (χ0n) is 14.4. The molecular weight excluding hydrogens is 411 g/mol. The van der Waals surface area contributed by atoms with Crippen molar-refractivity contribution in [1.82, 2.24) is 14.3 Å². The van der Waals surface area contributed by atoms with Crippen LogP contribution in [0.15, 0.2) is 77.0 Å². The summed E-state index contributed by atoms with van der Waals surface area (Å²) in [5.74, 6) is 0. The van der Waals surface area contributed by atoms with Gasteiger partial charge >= 0.3 is 5.51 Å². The number of halogens is 3. The second-order valence-corrected chi connectivity index (χ2v) is 8.80. The third-order valence-electron chi connectivity index (χ3n) is 3.75. The fourth-order valence-electron chi connectivity index (χ4n) is 2.51. The van der Waals surface area contributed by atoms with Crippen LogP contribution in [0.4, 0.5) is 13.2 Å². The fourth-order valence-corrected chi connectivity index (χ4v) is 4.07. The van der Waals surface area contributed by atoms with E-state index in [1.54, 1.807) is 18.6 Å². The van der Waals surface area contributed by atoms with Crippen LogP contribution in [0.25, 0.3) is 0 Å². The number of benzene rings is 2. The van der Waals surface area contributed by atoms with Gasteiger partial charge in [0.25, 0.3) is 0 Å². The van der Waals surface area contributed by atoms with E-state index in [-0.39, 0.29) is 28.1 Å². The largest absolute Gasteiger partial charge is 0.446 e. The molecule has 0 aliphatic carbocycles. The third kappa shape index (κ3) is 5.85. The normalized spacial score (nSPS) is 12.2. The predicted octanol–water partition coefficient (Wildman–Crippen LogP) is 4.02. The number of aromatic nitrogens is 2. The second kappa shape index (κ2) is 8.38. The number of sulfonamides is 1. The van der Waals surface area contributed by atoms with E-state index in [1.165, 1.54) is 0 Å². The van der Waals surface area contributed by atoms with Gasteiger partial charge in [-0.25, -0.2) is 18.1 Å². The maximum Gasteiger partial charge on any atom is 0.446 e. The summed E-state index contributed by atoms with van der Waals surface area (Å²) in [7, 11) is -3.84. The maximum absolute atomic E-state index is 12.4. The molecule has 1 heterocycles. The van der Waals surface area contributed by atoms with Crippen molar-refractivity contribution < 1.29 is 21.6 Å². The van der Waals surface area contributed by atoms with E-state index in [0.717, 1.165) is 35.4 Å². The summed E-state index contributed by atoms with van der Waals surface area (Å²) in [6.07, 6.45) is 5.20. The standard InChI is InChI=1S/C18H16F3N3O2S2/c19-18(20,21)27-16-4-6-17(7-5-16)28(25,26)23-11-14-2-1-3-15(10-14)12-24-9-8-22-13-24/h1-10,13,23H,11-12H2. The number of nitrogens with one attached hydrogen (secondary N) is 1. The molecule has 10 heteroatoms. The van der Waals surface area contributed by atoms with Crippen LogP contribution in [0.5, 0.6) is 0 Å². The molecule has 0 bridgehead atoms. The minimum Gasteiger partial charge on any atom is -0.333 e. The van der Waals surface area contributed by atoms with E-state index >= 15 is 0 Å². The molecular formula is C18H16F3N3O2S2. The van der Waals surface area contributed by atoms with Crippen LogP contribution in [0.1, 0.15) is 11.1 Å². The maximum atomic E-state index is 12.4. The van der Waals surface area contributed by atoms with Gasteiger partial charge in [-0.1, -0.05) is 24.3 Å². The smallest absolute Gasteiger partial charge is 0.333 e. The Morgan fingerprint density at radius 1 is 1.07 bits per heavy atom. The molecule has 0 radical (unpaired) electrons. The van der Waals surface area contributed by atoms with Gasteiger partial charge in [0, 0.05) is 30.4 Å². The summed E-state index contributed by atoms with van der Waals surface area (Å²) >= 11 is -0.288. The highest BCUT2D eigenvalue weighted by atomic mass is 32.2. The van der Waals surface area contributed by atoms with Gasteiger partial charge in [0.15, 0.2) is 0 Å². The Kier molecular flexibility index (Phi) is 6.11. The molecule has 0 atom stereocenters. The lowest BCUT2D eigenvalue weighted by atomic mass is 10.1. The Morgan fingerprint density at radius 2 is 1.79 bits per heavy atom. The zero-order valence-corrected chi connectivity index (χ0v) is 16.1. The van der Waals surface area contributed by atoms with Crippen LogP contribution < -0.4 is 4.72 Å². The van der Waals surface area contributed by atoms with Gasteiger partial charge < -0.3 is 4.57 Å². The summed E-state index contributed by atoms with van der Waals surface area (Å²) < 4.78 is 66.2. The molecule has 1 N–H and O–H groups in total. The molecule has 0 saturated heterocycles. The van der Waals surface area contributed by atoms with Crippen LogP contribution in [0, 0.1) is 0 Å².